The van der Waals surface area contributed by atoms with Crippen molar-refractivity contribution in [1.29, 1.82) is 0 Å². The van der Waals surface area contributed by atoms with E-state index in [0.717, 1.165) is 4.90 Å². The van der Waals surface area contributed by atoms with Gasteiger partial charge in [-0.25, -0.2) is 0 Å². The van der Waals surface area contributed by atoms with Gasteiger partial charge in [-0.2, -0.15) is 0 Å². The molecule has 3 N–H and O–H groups in total. The second kappa shape index (κ2) is 7.00. The normalized spacial score (nSPS) is 15.3. The summed E-state index contributed by atoms with van der Waals surface area (Å²) in [6.07, 6.45) is 0. The van der Waals surface area contributed by atoms with Gasteiger partial charge in [0.15, 0.2) is 13.1 Å². The van der Waals surface area contributed by atoms with Gasteiger partial charge in [0.2, 0.25) is 5.91 Å². The third-order valence-electron chi connectivity index (χ3n) is 3.50. The van der Waals surface area contributed by atoms with Gasteiger partial charge in [-0.1, -0.05) is 12.1 Å². The second-order valence-corrected chi connectivity index (χ2v) is 7.15. The smallest absolute Gasteiger partial charge is 0.282 e. The van der Waals surface area contributed by atoms with Crippen LogP contribution < -0.4 is 20.4 Å². The summed E-state index contributed by atoms with van der Waals surface area (Å²) in [5.41, 5.74) is 1.02. The van der Waals surface area contributed by atoms with Crippen LogP contribution in [0.25, 0.3) is 0 Å². The zero-order valence-electron chi connectivity index (χ0n) is 14.6. The van der Waals surface area contributed by atoms with Crippen LogP contribution >= 0.6 is 0 Å². The summed E-state index contributed by atoms with van der Waals surface area (Å²) in [7, 11) is 1.79. The number of carbonyl (C=O) groups is 3. The number of nitrogens with zero attached hydrogens (tertiary/aromatic N) is 1. The molecule has 2 rings (SSSR count). The molecular weight excluding hydrogens is 308 g/mol. The minimum Gasteiger partial charge on any atom is -0.347 e. The molecule has 1 aliphatic rings. The summed E-state index contributed by atoms with van der Waals surface area (Å²) < 4.78 is 0. The van der Waals surface area contributed by atoms with Crippen LogP contribution in [0, 0.1) is 0 Å². The maximum absolute atomic E-state index is 12.6. The van der Waals surface area contributed by atoms with E-state index >= 15 is 0 Å². The quantitative estimate of drug-likeness (QED) is 0.688. The second-order valence-electron chi connectivity index (χ2n) is 7.15. The molecule has 3 amide bonds. The molecule has 0 radical (unpaired) electrons. The number of para-hydroxylation sites is 2. The van der Waals surface area contributed by atoms with Gasteiger partial charge in [-0.15, -0.1) is 0 Å². The number of rotatable bonds is 4. The van der Waals surface area contributed by atoms with E-state index in [2.05, 4.69) is 10.6 Å². The topological polar surface area (TPSA) is 83.0 Å². The van der Waals surface area contributed by atoms with Crippen molar-refractivity contribution in [2.75, 3.05) is 36.9 Å². The standard InChI is InChI=1S/C17H24N4O3/c1-17(2,3)19-15(23)9-20(4)11-16(24)21-10-14(22)18-12-7-5-6-8-13(12)21/h5-8H,9-11H2,1-4H3,(H,18,22)(H,19,23)/p+1. The minimum absolute atomic E-state index is 0.00266. The molecule has 0 spiro atoms. The molecule has 0 aliphatic carbocycles. The number of anilines is 2. The van der Waals surface area contributed by atoms with Crippen LogP contribution in [0.15, 0.2) is 24.3 Å². The minimum atomic E-state index is -0.300. The fraction of sp³-hybridized carbons (Fsp3) is 0.471. The van der Waals surface area contributed by atoms with Gasteiger partial charge in [0.1, 0.15) is 6.54 Å². The van der Waals surface area contributed by atoms with E-state index in [-0.39, 0.29) is 42.9 Å². The molecule has 130 valence electrons. The predicted octanol–water partition coefficient (Wildman–Crippen LogP) is -0.599. The monoisotopic (exact) mass is 333 g/mol. The number of likely N-dealkylation sites (N-methyl/N-ethyl adjacent to an activating group) is 1. The van der Waals surface area contributed by atoms with Crippen molar-refractivity contribution < 1.29 is 19.3 Å². The molecule has 1 unspecified atom stereocenters. The Kier molecular flexibility index (Phi) is 5.23. The fourth-order valence-electron chi connectivity index (χ4n) is 2.61. The van der Waals surface area contributed by atoms with E-state index in [1.54, 1.807) is 25.2 Å². The Morgan fingerprint density at radius 3 is 2.58 bits per heavy atom. The number of quaternary nitrogens is 1. The lowest BCUT2D eigenvalue weighted by molar-refractivity contribution is -0.862. The number of carbonyl (C=O) groups excluding carboxylic acids is 3. The summed E-state index contributed by atoms with van der Waals surface area (Å²) in [4.78, 5) is 38.6. The Bertz CT molecular complexity index is 651. The first-order chi connectivity index (χ1) is 11.2. The van der Waals surface area contributed by atoms with Gasteiger partial charge in [-0.3, -0.25) is 19.3 Å². The molecule has 1 aliphatic heterocycles. The third kappa shape index (κ3) is 4.79. The number of amides is 3. The van der Waals surface area contributed by atoms with E-state index in [9.17, 15) is 14.4 Å². The van der Waals surface area contributed by atoms with Gasteiger partial charge in [0, 0.05) is 5.54 Å². The van der Waals surface area contributed by atoms with E-state index in [0.29, 0.717) is 11.4 Å². The molecule has 0 aromatic heterocycles. The van der Waals surface area contributed by atoms with Gasteiger partial charge in [0.25, 0.3) is 11.8 Å². The van der Waals surface area contributed by atoms with Crippen LogP contribution in [-0.4, -0.2) is 49.9 Å². The number of benzene rings is 1. The molecule has 0 saturated heterocycles. The van der Waals surface area contributed by atoms with Crippen LogP contribution in [0.2, 0.25) is 0 Å². The first-order valence-corrected chi connectivity index (χ1v) is 7.97. The molecule has 1 aromatic carbocycles. The average molecular weight is 333 g/mol. The van der Waals surface area contributed by atoms with Crippen molar-refractivity contribution in [3.05, 3.63) is 24.3 Å². The van der Waals surface area contributed by atoms with Crippen LogP contribution in [-0.2, 0) is 14.4 Å². The summed E-state index contributed by atoms with van der Waals surface area (Å²) in [6.45, 7) is 6.07. The average Bonchev–Trinajstić information content (AvgIpc) is 2.43. The Balaban J connectivity index is 2.00. The largest absolute Gasteiger partial charge is 0.347 e. The molecule has 0 fully saturated rings. The third-order valence-corrected chi connectivity index (χ3v) is 3.50. The van der Waals surface area contributed by atoms with Crippen LogP contribution in [0.1, 0.15) is 20.8 Å². The first kappa shape index (κ1) is 17.9. The van der Waals surface area contributed by atoms with Crippen molar-refractivity contribution in [3.8, 4) is 0 Å². The Hall–Kier alpha value is -2.41. The molecular formula is C17H25N4O3+. The summed E-state index contributed by atoms with van der Waals surface area (Å²) in [6, 6.07) is 7.19. The van der Waals surface area contributed by atoms with E-state index < -0.39 is 0 Å². The molecule has 7 heteroatoms. The van der Waals surface area contributed by atoms with Gasteiger partial charge < -0.3 is 15.5 Å². The summed E-state index contributed by atoms with van der Waals surface area (Å²) in [5.74, 6) is -0.506. The van der Waals surface area contributed by atoms with Gasteiger partial charge in [0.05, 0.1) is 18.4 Å². The highest BCUT2D eigenvalue weighted by molar-refractivity contribution is 6.10. The van der Waals surface area contributed by atoms with Crippen LogP contribution in [0.3, 0.4) is 0 Å². The number of hydrogen-bond donors (Lipinski definition) is 3. The molecule has 0 bridgehead atoms. The van der Waals surface area contributed by atoms with E-state index in [4.69, 9.17) is 0 Å². The lowest BCUT2D eigenvalue weighted by Crippen LogP contribution is -3.11. The SMILES string of the molecule is C[NH+](CC(=O)NC(C)(C)C)CC(=O)N1CC(=O)Nc2ccccc21. The van der Waals surface area contributed by atoms with E-state index in [1.807, 2.05) is 26.8 Å². The Morgan fingerprint density at radius 1 is 1.25 bits per heavy atom. The molecule has 1 atom stereocenters. The Morgan fingerprint density at radius 2 is 1.92 bits per heavy atom. The van der Waals surface area contributed by atoms with Gasteiger partial charge >= 0.3 is 0 Å². The van der Waals surface area contributed by atoms with Crippen LogP contribution in [0.4, 0.5) is 11.4 Å². The number of nitrogens with one attached hydrogen (secondary N) is 3. The molecule has 7 nitrogen and oxygen atoms in total. The van der Waals surface area contributed by atoms with Crippen molar-refractivity contribution in [2.45, 2.75) is 26.3 Å². The van der Waals surface area contributed by atoms with Crippen molar-refractivity contribution in [3.63, 3.8) is 0 Å². The van der Waals surface area contributed by atoms with Crippen molar-refractivity contribution in [2.24, 2.45) is 0 Å². The summed E-state index contributed by atoms with van der Waals surface area (Å²) in [5, 5.41) is 5.63. The van der Waals surface area contributed by atoms with Gasteiger partial charge in [-0.05, 0) is 32.9 Å². The molecule has 0 saturated carbocycles. The van der Waals surface area contributed by atoms with E-state index in [1.165, 1.54) is 4.90 Å². The molecule has 24 heavy (non-hydrogen) atoms. The highest BCUT2D eigenvalue weighted by Gasteiger charge is 2.29. The molecule has 1 heterocycles. The molecule has 1 aromatic rings. The summed E-state index contributed by atoms with van der Waals surface area (Å²) >= 11 is 0. The maximum Gasteiger partial charge on any atom is 0.282 e. The zero-order valence-corrected chi connectivity index (χ0v) is 14.6. The Labute approximate surface area is 142 Å². The lowest BCUT2D eigenvalue weighted by Gasteiger charge is -2.29. The maximum atomic E-state index is 12.6. The number of fused-ring (bicyclic) bond motifs is 1. The van der Waals surface area contributed by atoms with Crippen molar-refractivity contribution >= 4 is 29.1 Å². The number of hydrogen-bond acceptors (Lipinski definition) is 3. The van der Waals surface area contributed by atoms with Crippen molar-refractivity contribution in [1.82, 2.24) is 5.32 Å². The zero-order chi connectivity index (χ0) is 17.9. The fourth-order valence-corrected chi connectivity index (χ4v) is 2.61. The van der Waals surface area contributed by atoms with Crippen LogP contribution in [0.5, 0.6) is 0 Å². The first-order valence-electron chi connectivity index (χ1n) is 7.97. The highest BCUT2D eigenvalue weighted by Crippen LogP contribution is 2.28. The highest BCUT2D eigenvalue weighted by atomic mass is 16.2. The predicted molar refractivity (Wildman–Crippen MR) is 91.9 cm³/mol. The lowest BCUT2D eigenvalue weighted by atomic mass is 10.1.